The standard InChI is InChI=1S/C38H30N4/c1-2-3-6-24-9-11-26(12-10-24)34-21-31-20-29-15-14-27(39-29)19-28-16-17-30(40-28)22-37-38-32-8-5-4-7-25(32)13-18-33(38)35(42-37)23-36(34)41-31/h4-5,7-23,40-41H,2-3,6H2,1H3. The van der Waals surface area contributed by atoms with Crippen LogP contribution in [0.15, 0.2) is 103 Å². The minimum Gasteiger partial charge on any atom is -0.355 e. The third-order valence-corrected chi connectivity index (χ3v) is 8.25. The van der Waals surface area contributed by atoms with Gasteiger partial charge in [0.2, 0.25) is 0 Å². The molecule has 0 amide bonds. The van der Waals surface area contributed by atoms with Crippen molar-refractivity contribution in [2.45, 2.75) is 26.2 Å². The van der Waals surface area contributed by atoms with Crippen molar-refractivity contribution in [1.29, 1.82) is 0 Å². The number of fused-ring (bicyclic) bond motifs is 13. The molecule has 0 spiro atoms. The first-order valence-electron chi connectivity index (χ1n) is 14.7. The smallest absolute Gasteiger partial charge is 0.0743 e. The van der Waals surface area contributed by atoms with Gasteiger partial charge in [0.15, 0.2) is 0 Å². The molecule has 5 heterocycles. The lowest BCUT2D eigenvalue weighted by molar-refractivity contribution is 0.795. The van der Waals surface area contributed by atoms with Crippen LogP contribution in [0, 0.1) is 0 Å². The first kappa shape index (κ1) is 24.6. The topological polar surface area (TPSA) is 57.4 Å². The number of hydrogen-bond acceptors (Lipinski definition) is 2. The number of nitrogens with one attached hydrogen (secondary N) is 2. The SMILES string of the molecule is CCCCc1ccc(-c2cc3cc4nc(cc5ccc(cc6nc(cc2[nH]3)-c2ccc3ccccc3c2-6)[nH]5)C=C4)cc1. The zero-order valence-corrected chi connectivity index (χ0v) is 23.5. The summed E-state index contributed by atoms with van der Waals surface area (Å²) in [6.45, 7) is 2.24. The van der Waals surface area contributed by atoms with Gasteiger partial charge < -0.3 is 9.97 Å². The number of aromatic nitrogens is 4. The maximum Gasteiger partial charge on any atom is 0.0743 e. The van der Waals surface area contributed by atoms with Crippen LogP contribution >= 0.6 is 0 Å². The Bertz CT molecular complexity index is 2180. The quantitative estimate of drug-likeness (QED) is 0.232. The molecule has 42 heavy (non-hydrogen) atoms. The van der Waals surface area contributed by atoms with Gasteiger partial charge in [-0.15, -0.1) is 0 Å². The van der Waals surface area contributed by atoms with Crippen LogP contribution in [-0.2, 0) is 6.42 Å². The Hall–Kier alpha value is -5.22. The molecule has 8 bridgehead atoms. The fraction of sp³-hybridized carbons (Fsp3) is 0.105. The average molecular weight is 543 g/mol. The zero-order chi connectivity index (χ0) is 28.0. The van der Waals surface area contributed by atoms with Gasteiger partial charge in [-0.1, -0.05) is 74.0 Å². The number of hydrogen-bond donors (Lipinski definition) is 2. The van der Waals surface area contributed by atoms with Gasteiger partial charge >= 0.3 is 0 Å². The maximum atomic E-state index is 5.25. The summed E-state index contributed by atoms with van der Waals surface area (Å²) in [6.07, 6.45) is 7.65. The molecule has 3 aromatic carbocycles. The van der Waals surface area contributed by atoms with Crippen LogP contribution in [0.25, 0.3) is 78.6 Å². The van der Waals surface area contributed by atoms with Crippen molar-refractivity contribution >= 4 is 45.0 Å². The molecule has 4 heteroatoms. The van der Waals surface area contributed by atoms with E-state index < -0.39 is 0 Å². The number of rotatable bonds is 4. The fourth-order valence-electron chi connectivity index (χ4n) is 6.13. The summed E-state index contributed by atoms with van der Waals surface area (Å²) in [5, 5.41) is 2.42. The second-order valence-electron chi connectivity index (χ2n) is 11.2. The molecule has 0 unspecified atom stereocenters. The molecule has 3 aromatic heterocycles. The molecule has 202 valence electrons. The van der Waals surface area contributed by atoms with E-state index >= 15 is 0 Å². The van der Waals surface area contributed by atoms with E-state index in [2.05, 4.69) is 132 Å². The summed E-state index contributed by atoms with van der Waals surface area (Å²) in [5.74, 6) is 0. The molecule has 0 fully saturated rings. The van der Waals surface area contributed by atoms with Gasteiger partial charge in [-0.2, -0.15) is 0 Å². The lowest BCUT2D eigenvalue weighted by Gasteiger charge is -2.05. The van der Waals surface area contributed by atoms with Crippen molar-refractivity contribution in [1.82, 2.24) is 19.9 Å². The summed E-state index contributed by atoms with van der Waals surface area (Å²) in [6, 6.07) is 37.0. The van der Waals surface area contributed by atoms with E-state index in [4.69, 9.17) is 9.97 Å². The normalized spacial score (nSPS) is 12.1. The van der Waals surface area contributed by atoms with Crippen LogP contribution < -0.4 is 0 Å². The van der Waals surface area contributed by atoms with E-state index in [0.717, 1.165) is 62.4 Å². The lowest BCUT2D eigenvalue weighted by atomic mass is 9.96. The predicted molar refractivity (Wildman–Crippen MR) is 176 cm³/mol. The number of aromatic amines is 2. The van der Waals surface area contributed by atoms with E-state index in [-0.39, 0.29) is 0 Å². The monoisotopic (exact) mass is 542 g/mol. The highest BCUT2D eigenvalue weighted by atomic mass is 14.8. The number of H-pyrrole nitrogens is 2. The Morgan fingerprint density at radius 3 is 2.24 bits per heavy atom. The molecule has 4 nitrogen and oxygen atoms in total. The highest BCUT2D eigenvalue weighted by Gasteiger charge is 2.19. The van der Waals surface area contributed by atoms with Crippen molar-refractivity contribution in [3.05, 3.63) is 120 Å². The first-order chi connectivity index (χ1) is 20.7. The average Bonchev–Trinajstić information content (AvgIpc) is 3.81. The van der Waals surface area contributed by atoms with Crippen LogP contribution in [0.1, 0.15) is 36.7 Å². The predicted octanol–water partition coefficient (Wildman–Crippen LogP) is 9.98. The van der Waals surface area contributed by atoms with E-state index in [9.17, 15) is 0 Å². The molecule has 2 N–H and O–H groups in total. The van der Waals surface area contributed by atoms with Crippen LogP contribution in [0.3, 0.4) is 0 Å². The van der Waals surface area contributed by atoms with Gasteiger partial charge in [-0.05, 0) is 89.4 Å². The second-order valence-corrected chi connectivity index (χ2v) is 11.2. The van der Waals surface area contributed by atoms with E-state index in [1.54, 1.807) is 0 Å². The van der Waals surface area contributed by atoms with E-state index in [1.165, 1.54) is 40.3 Å². The molecular weight excluding hydrogens is 512 g/mol. The van der Waals surface area contributed by atoms with Crippen LogP contribution in [-0.4, -0.2) is 19.9 Å². The maximum absolute atomic E-state index is 5.25. The van der Waals surface area contributed by atoms with Gasteiger partial charge in [0.05, 0.1) is 22.8 Å². The van der Waals surface area contributed by atoms with E-state index in [0.29, 0.717) is 0 Å². The zero-order valence-electron chi connectivity index (χ0n) is 23.5. The first-order valence-corrected chi connectivity index (χ1v) is 14.7. The molecule has 0 saturated heterocycles. The van der Waals surface area contributed by atoms with Crippen LogP contribution in [0.4, 0.5) is 0 Å². The minimum atomic E-state index is 0.923. The lowest BCUT2D eigenvalue weighted by Crippen LogP contribution is -1.84. The summed E-state index contributed by atoms with van der Waals surface area (Å²) in [7, 11) is 0. The summed E-state index contributed by atoms with van der Waals surface area (Å²) < 4.78 is 0. The van der Waals surface area contributed by atoms with Gasteiger partial charge in [-0.25, -0.2) is 9.97 Å². The second kappa shape index (κ2) is 10.0. The minimum absolute atomic E-state index is 0.923. The number of unbranched alkanes of at least 4 members (excludes halogenated alkanes) is 1. The van der Waals surface area contributed by atoms with Gasteiger partial charge in [0.1, 0.15) is 0 Å². The fourth-order valence-corrected chi connectivity index (χ4v) is 6.13. The number of aryl methyl sites for hydroxylation is 1. The molecule has 6 aromatic rings. The molecule has 0 radical (unpaired) electrons. The molecule has 8 rings (SSSR count). The van der Waals surface area contributed by atoms with Gasteiger partial charge in [-0.3, -0.25) is 0 Å². The Balaban J connectivity index is 1.43. The summed E-state index contributed by atoms with van der Waals surface area (Å²) >= 11 is 0. The van der Waals surface area contributed by atoms with Crippen molar-refractivity contribution in [2.75, 3.05) is 0 Å². The third-order valence-electron chi connectivity index (χ3n) is 8.25. The molecule has 0 atom stereocenters. The van der Waals surface area contributed by atoms with Crippen LogP contribution in [0.5, 0.6) is 0 Å². The van der Waals surface area contributed by atoms with Crippen molar-refractivity contribution in [3.8, 4) is 33.6 Å². The van der Waals surface area contributed by atoms with Crippen molar-refractivity contribution in [3.63, 3.8) is 0 Å². The Kier molecular flexibility index (Phi) is 5.85. The number of nitrogens with zero attached hydrogens (tertiary/aromatic N) is 2. The van der Waals surface area contributed by atoms with Crippen molar-refractivity contribution in [2.24, 2.45) is 0 Å². The Morgan fingerprint density at radius 2 is 1.40 bits per heavy atom. The third kappa shape index (κ3) is 4.42. The highest BCUT2D eigenvalue weighted by Crippen LogP contribution is 2.41. The van der Waals surface area contributed by atoms with E-state index in [1.807, 2.05) is 0 Å². The largest absolute Gasteiger partial charge is 0.355 e. The molecule has 0 aliphatic carbocycles. The highest BCUT2D eigenvalue weighted by molar-refractivity contribution is 6.05. The molecule has 0 saturated carbocycles. The van der Waals surface area contributed by atoms with Crippen LogP contribution in [0.2, 0.25) is 0 Å². The Labute approximate surface area is 244 Å². The molecular formula is C38H30N4. The van der Waals surface area contributed by atoms with Crippen molar-refractivity contribution < 1.29 is 0 Å². The summed E-state index contributed by atoms with van der Waals surface area (Å²) in [5.41, 5.74) is 13.9. The van der Waals surface area contributed by atoms with Gasteiger partial charge in [0.25, 0.3) is 0 Å². The molecule has 2 aliphatic heterocycles. The Morgan fingerprint density at radius 1 is 0.619 bits per heavy atom. The molecule has 2 aliphatic rings. The summed E-state index contributed by atoms with van der Waals surface area (Å²) in [4.78, 5) is 17.3. The number of benzene rings is 3. The van der Waals surface area contributed by atoms with Gasteiger partial charge in [0, 0.05) is 38.8 Å².